The van der Waals surface area contributed by atoms with Gasteiger partial charge in [-0.25, -0.2) is 0 Å². The van der Waals surface area contributed by atoms with Gasteiger partial charge < -0.3 is 14.6 Å². The summed E-state index contributed by atoms with van der Waals surface area (Å²) in [6, 6.07) is 7.81. The van der Waals surface area contributed by atoms with Crippen molar-refractivity contribution in [2.24, 2.45) is 0 Å². The van der Waals surface area contributed by atoms with Crippen LogP contribution in [0.15, 0.2) is 33.3 Å². The molecule has 0 radical (unpaired) electrons. The summed E-state index contributed by atoms with van der Waals surface area (Å²) in [7, 11) is 0. The summed E-state index contributed by atoms with van der Waals surface area (Å²) >= 11 is 3.48. The van der Waals surface area contributed by atoms with Crippen LogP contribution >= 0.6 is 15.9 Å². The van der Waals surface area contributed by atoms with Gasteiger partial charge in [0.05, 0.1) is 6.10 Å². The SMILES string of the molecule is Brc1ccccc1-c1noc(COC2CCNCC2)n1. The molecule has 1 N–H and O–H groups in total. The Morgan fingerprint density at radius 3 is 2.90 bits per heavy atom. The highest BCUT2D eigenvalue weighted by Gasteiger charge is 2.16. The molecular formula is C14H16BrN3O2. The molecular weight excluding hydrogens is 322 g/mol. The van der Waals surface area contributed by atoms with E-state index in [1.165, 1.54) is 0 Å². The molecule has 2 aromatic rings. The fourth-order valence-electron chi connectivity index (χ4n) is 2.22. The predicted molar refractivity (Wildman–Crippen MR) is 78.1 cm³/mol. The highest BCUT2D eigenvalue weighted by atomic mass is 79.9. The normalized spacial score (nSPS) is 16.4. The van der Waals surface area contributed by atoms with Crippen molar-refractivity contribution in [2.75, 3.05) is 13.1 Å². The van der Waals surface area contributed by atoms with E-state index >= 15 is 0 Å². The van der Waals surface area contributed by atoms with Crippen molar-refractivity contribution in [3.63, 3.8) is 0 Å². The largest absolute Gasteiger partial charge is 0.368 e. The molecule has 6 heteroatoms. The summed E-state index contributed by atoms with van der Waals surface area (Å²) in [5.74, 6) is 1.11. The zero-order valence-electron chi connectivity index (χ0n) is 11.0. The Balaban J connectivity index is 1.63. The maximum Gasteiger partial charge on any atom is 0.252 e. The van der Waals surface area contributed by atoms with Gasteiger partial charge in [-0.2, -0.15) is 4.98 Å². The maximum absolute atomic E-state index is 5.80. The van der Waals surface area contributed by atoms with Crippen LogP contribution < -0.4 is 5.32 Å². The van der Waals surface area contributed by atoms with Crippen LogP contribution in [0.5, 0.6) is 0 Å². The van der Waals surface area contributed by atoms with Crippen LogP contribution in [0.25, 0.3) is 11.4 Å². The van der Waals surface area contributed by atoms with Gasteiger partial charge in [0.2, 0.25) is 5.82 Å². The average Bonchev–Trinajstić information content (AvgIpc) is 2.95. The summed E-state index contributed by atoms with van der Waals surface area (Å²) in [5, 5.41) is 7.31. The Hall–Kier alpha value is -1.24. The first-order valence-electron chi connectivity index (χ1n) is 6.73. The van der Waals surface area contributed by atoms with Crippen LogP contribution in [0.3, 0.4) is 0 Å². The van der Waals surface area contributed by atoms with Gasteiger partial charge in [0, 0.05) is 10.0 Å². The third-order valence-electron chi connectivity index (χ3n) is 3.31. The molecule has 3 rings (SSSR count). The number of ether oxygens (including phenoxy) is 1. The van der Waals surface area contributed by atoms with Crippen molar-refractivity contribution in [1.29, 1.82) is 0 Å². The zero-order valence-corrected chi connectivity index (χ0v) is 12.6. The number of piperidine rings is 1. The van der Waals surface area contributed by atoms with Gasteiger partial charge in [-0.15, -0.1) is 0 Å². The van der Waals surface area contributed by atoms with Crippen LogP contribution in [0, 0.1) is 0 Å². The third kappa shape index (κ3) is 3.26. The van der Waals surface area contributed by atoms with E-state index < -0.39 is 0 Å². The Kier molecular flexibility index (Phi) is 4.44. The Morgan fingerprint density at radius 2 is 2.10 bits per heavy atom. The van der Waals surface area contributed by atoms with Crippen molar-refractivity contribution >= 4 is 15.9 Å². The molecule has 0 bridgehead atoms. The molecule has 1 aromatic carbocycles. The molecule has 0 saturated carbocycles. The smallest absolute Gasteiger partial charge is 0.252 e. The Morgan fingerprint density at radius 1 is 1.30 bits per heavy atom. The fourth-order valence-corrected chi connectivity index (χ4v) is 2.68. The molecule has 106 valence electrons. The highest BCUT2D eigenvalue weighted by Crippen LogP contribution is 2.25. The first-order valence-corrected chi connectivity index (χ1v) is 7.52. The molecule has 5 nitrogen and oxygen atoms in total. The van der Waals surface area contributed by atoms with E-state index in [1.807, 2.05) is 24.3 Å². The molecule has 0 unspecified atom stereocenters. The van der Waals surface area contributed by atoms with Gasteiger partial charge in [-0.1, -0.05) is 33.2 Å². The number of rotatable bonds is 4. The van der Waals surface area contributed by atoms with Crippen LogP contribution in [-0.2, 0) is 11.3 Å². The quantitative estimate of drug-likeness (QED) is 0.929. The van der Waals surface area contributed by atoms with E-state index in [2.05, 4.69) is 31.4 Å². The molecule has 1 saturated heterocycles. The minimum atomic E-state index is 0.287. The second kappa shape index (κ2) is 6.47. The molecule has 1 aliphatic rings. The summed E-state index contributed by atoms with van der Waals surface area (Å²) < 4.78 is 12.0. The minimum Gasteiger partial charge on any atom is -0.368 e. The van der Waals surface area contributed by atoms with E-state index in [0.717, 1.165) is 36.0 Å². The highest BCUT2D eigenvalue weighted by molar-refractivity contribution is 9.10. The third-order valence-corrected chi connectivity index (χ3v) is 4.00. The van der Waals surface area contributed by atoms with E-state index in [9.17, 15) is 0 Å². The van der Waals surface area contributed by atoms with Crippen molar-refractivity contribution < 1.29 is 9.26 Å². The van der Waals surface area contributed by atoms with Crippen LogP contribution in [0.1, 0.15) is 18.7 Å². The first kappa shape index (κ1) is 13.7. The van der Waals surface area contributed by atoms with Gasteiger partial charge in [-0.3, -0.25) is 0 Å². The van der Waals surface area contributed by atoms with E-state index in [-0.39, 0.29) is 6.10 Å². The van der Waals surface area contributed by atoms with Gasteiger partial charge in [0.1, 0.15) is 6.61 Å². The molecule has 1 fully saturated rings. The van der Waals surface area contributed by atoms with Gasteiger partial charge >= 0.3 is 0 Å². The summed E-state index contributed by atoms with van der Waals surface area (Å²) in [5.41, 5.74) is 0.921. The number of nitrogens with zero attached hydrogens (tertiary/aromatic N) is 2. The van der Waals surface area contributed by atoms with Crippen molar-refractivity contribution in [3.05, 3.63) is 34.6 Å². The zero-order chi connectivity index (χ0) is 13.8. The molecule has 1 aromatic heterocycles. The van der Waals surface area contributed by atoms with Crippen molar-refractivity contribution in [1.82, 2.24) is 15.5 Å². The van der Waals surface area contributed by atoms with Gasteiger partial charge in [0.25, 0.3) is 5.89 Å². The minimum absolute atomic E-state index is 0.287. The molecule has 1 aliphatic heterocycles. The molecule has 0 atom stereocenters. The van der Waals surface area contributed by atoms with Crippen LogP contribution in [0.2, 0.25) is 0 Å². The maximum atomic E-state index is 5.80. The number of benzene rings is 1. The summed E-state index contributed by atoms with van der Waals surface area (Å²) in [6.45, 7) is 2.40. The molecule has 0 amide bonds. The van der Waals surface area contributed by atoms with Crippen LogP contribution in [0.4, 0.5) is 0 Å². The molecule has 0 aliphatic carbocycles. The number of aromatic nitrogens is 2. The van der Waals surface area contributed by atoms with Crippen LogP contribution in [-0.4, -0.2) is 29.3 Å². The lowest BCUT2D eigenvalue weighted by Crippen LogP contribution is -2.32. The number of nitrogens with one attached hydrogen (secondary N) is 1. The van der Waals surface area contributed by atoms with Gasteiger partial charge in [-0.05, 0) is 38.1 Å². The van der Waals surface area contributed by atoms with E-state index in [4.69, 9.17) is 9.26 Å². The lowest BCUT2D eigenvalue weighted by atomic mass is 10.1. The Bertz CT molecular complexity index is 567. The standard InChI is InChI=1S/C14H16BrN3O2/c15-12-4-2-1-3-11(12)14-17-13(20-18-14)9-19-10-5-7-16-8-6-10/h1-4,10,16H,5-9H2. The van der Waals surface area contributed by atoms with Gasteiger partial charge in [0.15, 0.2) is 0 Å². The lowest BCUT2D eigenvalue weighted by Gasteiger charge is -2.21. The Labute approximate surface area is 125 Å². The monoisotopic (exact) mass is 337 g/mol. The second-order valence-electron chi connectivity index (χ2n) is 4.75. The summed E-state index contributed by atoms with van der Waals surface area (Å²) in [4.78, 5) is 4.38. The first-order chi connectivity index (χ1) is 9.83. The second-order valence-corrected chi connectivity index (χ2v) is 5.61. The van der Waals surface area contributed by atoms with E-state index in [0.29, 0.717) is 18.3 Å². The lowest BCUT2D eigenvalue weighted by molar-refractivity contribution is 0.00859. The topological polar surface area (TPSA) is 60.2 Å². The molecule has 20 heavy (non-hydrogen) atoms. The number of hydrogen-bond acceptors (Lipinski definition) is 5. The molecule has 0 spiro atoms. The summed E-state index contributed by atoms with van der Waals surface area (Å²) in [6.07, 6.45) is 2.35. The van der Waals surface area contributed by atoms with E-state index in [1.54, 1.807) is 0 Å². The average molecular weight is 338 g/mol. The van der Waals surface area contributed by atoms with Crippen molar-refractivity contribution in [3.8, 4) is 11.4 Å². The fraction of sp³-hybridized carbons (Fsp3) is 0.429. The number of hydrogen-bond donors (Lipinski definition) is 1. The molecule has 2 heterocycles. The number of halogens is 1. The van der Waals surface area contributed by atoms with Crippen molar-refractivity contribution in [2.45, 2.75) is 25.6 Å². The predicted octanol–water partition coefficient (Wildman–Crippen LogP) is 2.77.